The second-order valence-electron chi connectivity index (χ2n) is 8.68. The molecule has 2 aromatic rings. The van der Waals surface area contributed by atoms with E-state index in [1.807, 2.05) is 6.07 Å². The molecule has 1 N–H and O–H groups in total. The van der Waals surface area contributed by atoms with Gasteiger partial charge in [0.1, 0.15) is 11.9 Å². The Morgan fingerprint density at radius 1 is 1.00 bits per heavy atom. The predicted molar refractivity (Wildman–Crippen MR) is 110 cm³/mol. The molecule has 0 radical (unpaired) electrons. The zero-order chi connectivity index (χ0) is 21.0. The van der Waals surface area contributed by atoms with Crippen LogP contribution in [0.3, 0.4) is 0 Å². The number of rotatable bonds is 4. The number of anilines is 1. The lowest BCUT2D eigenvalue weighted by Gasteiger charge is -2.23. The zero-order valence-corrected chi connectivity index (χ0v) is 16.7. The number of nitrogens with zero attached hydrogens (tertiary/aromatic N) is 1. The Bertz CT molecular complexity index is 1010. The van der Waals surface area contributed by atoms with Crippen LogP contribution in [-0.4, -0.2) is 28.7 Å². The SMILES string of the molecule is C[C@H](C(=O)Nc1ccc(-c2cccc(F)c2)cc1)N1C(=O)[C@@H]2[C@H]3CC[C@@H](C3)[C@H]2C1=O. The molecule has 30 heavy (non-hydrogen) atoms. The first-order valence-electron chi connectivity index (χ1n) is 10.5. The average Bonchev–Trinajstić information content (AvgIpc) is 3.42. The number of amides is 3. The molecule has 5 atom stereocenters. The quantitative estimate of drug-likeness (QED) is 0.785. The third-order valence-corrected chi connectivity index (χ3v) is 7.04. The van der Waals surface area contributed by atoms with Crippen LogP contribution in [0.25, 0.3) is 11.1 Å². The average molecular weight is 406 g/mol. The highest BCUT2D eigenvalue weighted by Crippen LogP contribution is 2.56. The fourth-order valence-corrected chi connectivity index (χ4v) is 5.59. The molecule has 0 aromatic heterocycles. The number of hydrogen-bond donors (Lipinski definition) is 1. The summed E-state index contributed by atoms with van der Waals surface area (Å²) in [7, 11) is 0. The van der Waals surface area contributed by atoms with E-state index in [4.69, 9.17) is 0 Å². The van der Waals surface area contributed by atoms with E-state index in [1.54, 1.807) is 37.3 Å². The van der Waals surface area contributed by atoms with Crippen LogP contribution < -0.4 is 5.32 Å². The number of carbonyl (C=O) groups is 3. The third-order valence-electron chi connectivity index (χ3n) is 7.04. The van der Waals surface area contributed by atoms with Gasteiger partial charge >= 0.3 is 0 Å². The van der Waals surface area contributed by atoms with E-state index in [9.17, 15) is 18.8 Å². The van der Waals surface area contributed by atoms with Crippen LogP contribution in [-0.2, 0) is 14.4 Å². The molecule has 5 nitrogen and oxygen atoms in total. The summed E-state index contributed by atoms with van der Waals surface area (Å²) < 4.78 is 13.4. The minimum atomic E-state index is -0.849. The number of benzene rings is 2. The summed E-state index contributed by atoms with van der Waals surface area (Å²) in [6.45, 7) is 1.61. The Balaban J connectivity index is 1.29. The molecule has 1 aliphatic heterocycles. The zero-order valence-electron chi connectivity index (χ0n) is 16.7. The van der Waals surface area contributed by atoms with Gasteiger partial charge in [-0.2, -0.15) is 0 Å². The van der Waals surface area contributed by atoms with Gasteiger partial charge < -0.3 is 5.32 Å². The Kier molecular flexibility index (Phi) is 4.45. The van der Waals surface area contributed by atoms with Crippen molar-refractivity contribution >= 4 is 23.4 Å². The largest absolute Gasteiger partial charge is 0.324 e. The monoisotopic (exact) mass is 406 g/mol. The lowest BCUT2D eigenvalue weighted by Crippen LogP contribution is -2.46. The maximum absolute atomic E-state index is 13.4. The first kappa shape index (κ1) is 19.0. The third kappa shape index (κ3) is 2.93. The normalized spacial score (nSPS) is 28.0. The summed E-state index contributed by atoms with van der Waals surface area (Å²) >= 11 is 0. The second kappa shape index (κ2) is 7.04. The van der Waals surface area contributed by atoms with Gasteiger partial charge in [0.05, 0.1) is 11.8 Å². The van der Waals surface area contributed by atoms with Gasteiger partial charge in [0.15, 0.2) is 0 Å². The van der Waals surface area contributed by atoms with Gasteiger partial charge in [-0.15, -0.1) is 0 Å². The van der Waals surface area contributed by atoms with Gasteiger partial charge in [-0.1, -0.05) is 24.3 Å². The number of halogens is 1. The number of nitrogens with one attached hydrogen (secondary N) is 1. The lowest BCUT2D eigenvalue weighted by atomic mass is 9.81. The molecular formula is C24H23FN2O3. The van der Waals surface area contributed by atoms with Crippen LogP contribution in [0.4, 0.5) is 10.1 Å². The van der Waals surface area contributed by atoms with E-state index in [0.29, 0.717) is 17.5 Å². The van der Waals surface area contributed by atoms with E-state index < -0.39 is 6.04 Å². The second-order valence-corrected chi connectivity index (χ2v) is 8.68. The number of imide groups is 1. The van der Waals surface area contributed by atoms with Gasteiger partial charge in [-0.25, -0.2) is 4.39 Å². The summed E-state index contributed by atoms with van der Waals surface area (Å²) in [5, 5.41) is 2.79. The van der Waals surface area contributed by atoms with Crippen molar-refractivity contribution in [1.29, 1.82) is 0 Å². The smallest absolute Gasteiger partial charge is 0.247 e. The first-order valence-corrected chi connectivity index (χ1v) is 10.5. The fraction of sp³-hybridized carbons (Fsp3) is 0.375. The fourth-order valence-electron chi connectivity index (χ4n) is 5.59. The van der Waals surface area contributed by atoms with E-state index in [-0.39, 0.29) is 35.4 Å². The van der Waals surface area contributed by atoms with Crippen molar-refractivity contribution < 1.29 is 18.8 Å². The highest BCUT2D eigenvalue weighted by molar-refractivity contribution is 6.10. The molecule has 0 spiro atoms. The molecule has 2 aliphatic carbocycles. The number of carbonyl (C=O) groups excluding carboxylic acids is 3. The molecule has 154 valence electrons. The summed E-state index contributed by atoms with van der Waals surface area (Å²) in [5.41, 5.74) is 2.13. The summed E-state index contributed by atoms with van der Waals surface area (Å²) in [6, 6.07) is 12.5. The van der Waals surface area contributed by atoms with Gasteiger partial charge in [-0.05, 0) is 73.4 Å². The van der Waals surface area contributed by atoms with Crippen LogP contribution in [0.2, 0.25) is 0 Å². The van der Waals surface area contributed by atoms with Gasteiger partial charge in [0, 0.05) is 5.69 Å². The van der Waals surface area contributed by atoms with Crippen molar-refractivity contribution in [2.45, 2.75) is 32.2 Å². The van der Waals surface area contributed by atoms with E-state index >= 15 is 0 Å². The van der Waals surface area contributed by atoms with Crippen LogP contribution in [0.1, 0.15) is 26.2 Å². The summed E-state index contributed by atoms with van der Waals surface area (Å²) in [6.07, 6.45) is 2.99. The Hall–Kier alpha value is -3.02. The highest BCUT2D eigenvalue weighted by Gasteiger charge is 2.62. The first-order chi connectivity index (χ1) is 14.4. The maximum atomic E-state index is 13.4. The lowest BCUT2D eigenvalue weighted by molar-refractivity contribution is -0.146. The number of fused-ring (bicyclic) bond motifs is 5. The van der Waals surface area contributed by atoms with Crippen LogP contribution >= 0.6 is 0 Å². The van der Waals surface area contributed by atoms with Gasteiger partial charge in [0.25, 0.3) is 0 Å². The number of likely N-dealkylation sites (tertiary alicyclic amines) is 1. The Morgan fingerprint density at radius 2 is 1.63 bits per heavy atom. The highest BCUT2D eigenvalue weighted by atomic mass is 19.1. The number of hydrogen-bond acceptors (Lipinski definition) is 3. The Labute approximate surface area is 174 Å². The molecule has 5 rings (SSSR count). The van der Waals surface area contributed by atoms with Crippen LogP contribution in [0.15, 0.2) is 48.5 Å². The molecular weight excluding hydrogens is 383 g/mol. The molecule has 2 saturated carbocycles. The molecule has 3 amide bonds. The van der Waals surface area contributed by atoms with Crippen LogP contribution in [0.5, 0.6) is 0 Å². The van der Waals surface area contributed by atoms with Gasteiger partial charge in [-0.3, -0.25) is 19.3 Å². The van der Waals surface area contributed by atoms with Crippen LogP contribution in [0, 0.1) is 29.5 Å². The van der Waals surface area contributed by atoms with Crippen molar-refractivity contribution in [2.24, 2.45) is 23.7 Å². The van der Waals surface area contributed by atoms with E-state index in [1.165, 1.54) is 17.0 Å². The van der Waals surface area contributed by atoms with Crippen molar-refractivity contribution in [2.75, 3.05) is 5.32 Å². The standard InChI is InChI=1S/C24H23FN2O3/c1-13(27-23(29)20-16-5-6-17(11-16)21(20)24(27)30)22(28)26-19-9-7-14(8-10-19)15-3-2-4-18(25)12-15/h2-4,7-10,12-13,16-17,20-21H,5-6,11H2,1H3,(H,26,28)/t13-,16+,17+,20-,21-/m1/s1. The molecule has 2 bridgehead atoms. The molecule has 6 heteroatoms. The van der Waals surface area contributed by atoms with Gasteiger partial charge in [0.2, 0.25) is 17.7 Å². The molecule has 1 saturated heterocycles. The van der Waals surface area contributed by atoms with Crippen molar-refractivity contribution in [3.05, 3.63) is 54.3 Å². The molecule has 3 aliphatic rings. The van der Waals surface area contributed by atoms with E-state index in [2.05, 4.69) is 5.32 Å². The summed E-state index contributed by atoms with van der Waals surface area (Å²) in [4.78, 5) is 39.8. The molecule has 0 unspecified atom stereocenters. The molecule has 3 fully saturated rings. The van der Waals surface area contributed by atoms with Crippen molar-refractivity contribution in [3.8, 4) is 11.1 Å². The van der Waals surface area contributed by atoms with E-state index in [0.717, 1.165) is 30.4 Å². The predicted octanol–water partition coefficient (Wildman–Crippen LogP) is 3.85. The van der Waals surface area contributed by atoms with Crippen molar-refractivity contribution in [3.63, 3.8) is 0 Å². The van der Waals surface area contributed by atoms with Crippen molar-refractivity contribution in [1.82, 2.24) is 4.90 Å². The summed E-state index contributed by atoms with van der Waals surface area (Å²) in [5.74, 6) is -0.907. The molecule has 1 heterocycles. The maximum Gasteiger partial charge on any atom is 0.247 e. The topological polar surface area (TPSA) is 66.5 Å². The molecule has 2 aromatic carbocycles. The Morgan fingerprint density at radius 3 is 2.23 bits per heavy atom. The minimum absolute atomic E-state index is 0.179. The minimum Gasteiger partial charge on any atom is -0.324 e.